The van der Waals surface area contributed by atoms with Gasteiger partial charge in [-0.2, -0.15) is 0 Å². The molecule has 1 aliphatic carbocycles. The first-order chi connectivity index (χ1) is 14.8. The van der Waals surface area contributed by atoms with Crippen LogP contribution in [0.4, 0.5) is 4.79 Å². The van der Waals surface area contributed by atoms with Gasteiger partial charge in [0.25, 0.3) is 0 Å². The number of aliphatic imine (C=N–C) groups is 1. The molecule has 1 amide bonds. The average Bonchev–Trinajstić information content (AvgIpc) is 3.43. The average molecular weight is 555 g/mol. The van der Waals surface area contributed by atoms with Gasteiger partial charge in [-0.1, -0.05) is 30.3 Å². The van der Waals surface area contributed by atoms with Crippen LogP contribution in [-0.4, -0.2) is 53.8 Å². The molecule has 3 fully saturated rings. The normalized spacial score (nSPS) is 29.2. The Balaban J connectivity index is 0.00000289. The van der Waals surface area contributed by atoms with Crippen LogP contribution in [0.15, 0.2) is 35.3 Å². The molecule has 178 valence electrons. The number of nitrogens with one attached hydrogen (secondary N) is 2. The van der Waals surface area contributed by atoms with Gasteiger partial charge in [0.1, 0.15) is 5.60 Å². The summed E-state index contributed by atoms with van der Waals surface area (Å²) in [5.74, 6) is 2.21. The first-order valence-electron chi connectivity index (χ1n) is 11.9. The zero-order valence-corrected chi connectivity index (χ0v) is 22.2. The number of carbonyl (C=O) groups is 1. The van der Waals surface area contributed by atoms with Crippen molar-refractivity contribution in [3.8, 4) is 0 Å². The lowest BCUT2D eigenvalue weighted by molar-refractivity contribution is 0.00545. The molecule has 2 bridgehead atoms. The highest BCUT2D eigenvalue weighted by molar-refractivity contribution is 14.0. The van der Waals surface area contributed by atoms with Gasteiger partial charge in [-0.15, -0.1) is 24.0 Å². The lowest BCUT2D eigenvalue weighted by Crippen LogP contribution is -2.55. The molecular weight excluding hydrogens is 515 g/mol. The summed E-state index contributed by atoms with van der Waals surface area (Å²) in [4.78, 5) is 19.6. The molecule has 1 saturated carbocycles. The van der Waals surface area contributed by atoms with Crippen molar-refractivity contribution in [2.45, 2.75) is 89.4 Å². The van der Waals surface area contributed by atoms with Crippen LogP contribution < -0.4 is 10.6 Å². The highest BCUT2D eigenvalue weighted by Crippen LogP contribution is 2.47. The van der Waals surface area contributed by atoms with Gasteiger partial charge in [-0.05, 0) is 77.2 Å². The van der Waals surface area contributed by atoms with Crippen molar-refractivity contribution < 1.29 is 9.53 Å². The number of rotatable bonds is 5. The minimum atomic E-state index is -0.448. The van der Waals surface area contributed by atoms with Crippen LogP contribution >= 0.6 is 24.0 Å². The van der Waals surface area contributed by atoms with Crippen molar-refractivity contribution >= 4 is 36.0 Å². The largest absolute Gasteiger partial charge is 0.444 e. The molecule has 2 N–H and O–H groups in total. The van der Waals surface area contributed by atoms with E-state index in [4.69, 9.17) is 9.73 Å². The smallest absolute Gasteiger partial charge is 0.410 e. The molecule has 7 heteroatoms. The molecule has 3 aliphatic rings. The van der Waals surface area contributed by atoms with Crippen molar-refractivity contribution in [1.29, 1.82) is 0 Å². The van der Waals surface area contributed by atoms with Gasteiger partial charge in [0, 0.05) is 31.2 Å². The Labute approximate surface area is 210 Å². The fraction of sp³-hybridized carbons (Fsp3) is 0.680. The van der Waals surface area contributed by atoms with Gasteiger partial charge in [0.2, 0.25) is 0 Å². The van der Waals surface area contributed by atoms with Crippen molar-refractivity contribution in [2.24, 2.45) is 10.9 Å². The van der Waals surface area contributed by atoms with Crippen molar-refractivity contribution in [2.75, 3.05) is 13.1 Å². The number of piperidine rings is 1. The van der Waals surface area contributed by atoms with E-state index in [1.165, 1.54) is 12.0 Å². The van der Waals surface area contributed by atoms with Crippen molar-refractivity contribution in [3.05, 3.63) is 35.9 Å². The van der Waals surface area contributed by atoms with Crippen LogP contribution in [0.25, 0.3) is 0 Å². The summed E-state index contributed by atoms with van der Waals surface area (Å²) in [5.41, 5.74) is 0.989. The van der Waals surface area contributed by atoms with E-state index in [-0.39, 0.29) is 42.2 Å². The van der Waals surface area contributed by atoms with Crippen LogP contribution in [0.3, 0.4) is 0 Å². The van der Waals surface area contributed by atoms with Crippen LogP contribution in [0.5, 0.6) is 0 Å². The second kappa shape index (κ2) is 10.6. The third kappa shape index (κ3) is 6.29. The molecule has 2 aliphatic heterocycles. The predicted molar refractivity (Wildman–Crippen MR) is 140 cm³/mol. The maximum atomic E-state index is 12.7. The number of amides is 1. The number of hydrogen-bond acceptors (Lipinski definition) is 3. The van der Waals surface area contributed by atoms with E-state index >= 15 is 0 Å². The molecule has 0 aromatic heterocycles. The molecule has 0 radical (unpaired) electrons. The molecular formula is C25H39IN4O2. The molecule has 2 saturated heterocycles. The van der Waals surface area contributed by atoms with E-state index in [1.807, 2.05) is 25.7 Å². The maximum absolute atomic E-state index is 12.7. The second-order valence-electron chi connectivity index (χ2n) is 10.3. The molecule has 1 aromatic carbocycles. The minimum Gasteiger partial charge on any atom is -0.444 e. The Bertz CT molecular complexity index is 781. The number of carbonyl (C=O) groups excluding carboxylic acids is 1. The first-order valence-corrected chi connectivity index (χ1v) is 11.9. The van der Waals surface area contributed by atoms with E-state index < -0.39 is 5.60 Å². The topological polar surface area (TPSA) is 66.0 Å². The predicted octanol–water partition coefficient (Wildman–Crippen LogP) is 4.89. The first kappa shape index (κ1) is 25.1. The third-order valence-corrected chi connectivity index (χ3v) is 6.66. The standard InChI is InChI=1S/C25H38N4O2.HI/c1-5-26-23(27-16-18-13-22(18)17-9-7-6-8-10-17)28-19-14-20-11-12-21(15-19)29(20)24(30)31-25(2,3)4;/h6-10,18-22H,5,11-16H2,1-4H3,(H2,26,27,28);1H. The molecule has 4 rings (SSSR count). The van der Waals surface area contributed by atoms with Crippen LogP contribution in [0, 0.1) is 5.92 Å². The molecule has 4 atom stereocenters. The lowest BCUT2D eigenvalue weighted by atomic mass is 9.98. The third-order valence-electron chi connectivity index (χ3n) is 6.66. The van der Waals surface area contributed by atoms with E-state index in [0.717, 1.165) is 44.7 Å². The Kier molecular flexibility index (Phi) is 8.33. The summed E-state index contributed by atoms with van der Waals surface area (Å²) in [7, 11) is 0. The number of fused-ring (bicyclic) bond motifs is 2. The Hall–Kier alpha value is -1.51. The fourth-order valence-electron chi connectivity index (χ4n) is 5.19. The maximum Gasteiger partial charge on any atom is 0.410 e. The highest BCUT2D eigenvalue weighted by Gasteiger charge is 2.45. The zero-order chi connectivity index (χ0) is 22.0. The SMILES string of the molecule is CCNC(=NCC1CC1c1ccccc1)NC1CC2CCC(C1)N2C(=O)OC(C)(C)C.I. The van der Waals surface area contributed by atoms with E-state index in [2.05, 4.69) is 47.9 Å². The Morgan fingerprint density at radius 1 is 1.12 bits per heavy atom. The summed E-state index contributed by atoms with van der Waals surface area (Å²) in [6, 6.07) is 11.7. The van der Waals surface area contributed by atoms with Crippen LogP contribution in [0.2, 0.25) is 0 Å². The number of benzene rings is 1. The molecule has 1 aromatic rings. The van der Waals surface area contributed by atoms with Gasteiger partial charge < -0.3 is 20.3 Å². The van der Waals surface area contributed by atoms with Gasteiger partial charge in [0.15, 0.2) is 5.96 Å². The number of halogens is 1. The van der Waals surface area contributed by atoms with E-state index in [9.17, 15) is 4.79 Å². The van der Waals surface area contributed by atoms with Gasteiger partial charge >= 0.3 is 6.09 Å². The van der Waals surface area contributed by atoms with Crippen molar-refractivity contribution in [1.82, 2.24) is 15.5 Å². The minimum absolute atomic E-state index is 0. The summed E-state index contributed by atoms with van der Waals surface area (Å²) in [5, 5.41) is 7.08. The second-order valence-corrected chi connectivity index (χ2v) is 10.3. The quantitative estimate of drug-likeness (QED) is 0.309. The summed E-state index contributed by atoms with van der Waals surface area (Å²) in [6.45, 7) is 9.62. The van der Waals surface area contributed by atoms with E-state index in [1.54, 1.807) is 0 Å². The number of guanidine groups is 1. The molecule has 6 nitrogen and oxygen atoms in total. The van der Waals surface area contributed by atoms with Gasteiger partial charge in [0.05, 0.1) is 0 Å². The number of nitrogens with zero attached hydrogens (tertiary/aromatic N) is 2. The van der Waals surface area contributed by atoms with Gasteiger partial charge in [-0.25, -0.2) is 4.79 Å². The summed E-state index contributed by atoms with van der Waals surface area (Å²) in [6.07, 6.45) is 5.12. The molecule has 32 heavy (non-hydrogen) atoms. The number of hydrogen-bond donors (Lipinski definition) is 2. The van der Waals surface area contributed by atoms with Gasteiger partial charge in [-0.3, -0.25) is 4.99 Å². The monoisotopic (exact) mass is 554 g/mol. The molecule has 2 heterocycles. The van der Waals surface area contributed by atoms with Crippen molar-refractivity contribution in [3.63, 3.8) is 0 Å². The summed E-state index contributed by atoms with van der Waals surface area (Å²) < 4.78 is 5.66. The number of ether oxygens (including phenoxy) is 1. The summed E-state index contributed by atoms with van der Waals surface area (Å²) >= 11 is 0. The Morgan fingerprint density at radius 2 is 1.78 bits per heavy atom. The molecule has 4 unspecified atom stereocenters. The Morgan fingerprint density at radius 3 is 2.38 bits per heavy atom. The lowest BCUT2D eigenvalue weighted by Gasteiger charge is -2.40. The molecule has 0 spiro atoms. The van der Waals surface area contributed by atoms with Crippen LogP contribution in [0.1, 0.15) is 71.3 Å². The van der Waals surface area contributed by atoms with E-state index in [0.29, 0.717) is 17.9 Å². The van der Waals surface area contributed by atoms with Crippen LogP contribution in [-0.2, 0) is 4.74 Å². The highest BCUT2D eigenvalue weighted by atomic mass is 127. The fourth-order valence-corrected chi connectivity index (χ4v) is 5.19. The zero-order valence-electron chi connectivity index (χ0n) is 19.8.